The second kappa shape index (κ2) is 14.2. The second-order valence-corrected chi connectivity index (χ2v) is 11.3. The van der Waals surface area contributed by atoms with Gasteiger partial charge in [-0.15, -0.1) is 0 Å². The molecule has 2 aromatic carbocycles. The van der Waals surface area contributed by atoms with Crippen molar-refractivity contribution in [2.24, 2.45) is 11.8 Å². The summed E-state index contributed by atoms with van der Waals surface area (Å²) in [6.07, 6.45) is 9.45. The number of amides is 1. The minimum absolute atomic E-state index is 0.0404. The quantitative estimate of drug-likeness (QED) is 0.299. The van der Waals surface area contributed by atoms with Gasteiger partial charge in [0.1, 0.15) is 5.69 Å². The third kappa shape index (κ3) is 7.54. The number of hydrogen-bond donors (Lipinski definition) is 2. The highest BCUT2D eigenvalue weighted by atomic mass is 16.3. The number of carboxylic acid groups (broad SMARTS) is 1. The van der Waals surface area contributed by atoms with Gasteiger partial charge in [0, 0.05) is 42.2 Å². The molecule has 7 heteroatoms. The molecule has 5 rings (SSSR count). The zero-order chi connectivity index (χ0) is 28.5. The van der Waals surface area contributed by atoms with Crippen molar-refractivity contribution < 1.29 is 19.5 Å². The number of ketones is 1. The Balaban J connectivity index is 0.00000118. The number of carbonyl (C=O) groups excluding carboxylic acids is 2. The van der Waals surface area contributed by atoms with E-state index in [-0.39, 0.29) is 30.1 Å². The van der Waals surface area contributed by atoms with Crippen LogP contribution in [0, 0.1) is 11.8 Å². The van der Waals surface area contributed by atoms with Gasteiger partial charge in [0.2, 0.25) is 0 Å². The second-order valence-electron chi connectivity index (χ2n) is 11.3. The molecular weight excluding hydrogens is 502 g/mol. The predicted octanol–water partition coefficient (Wildman–Crippen LogP) is 5.55. The average molecular weight is 544 g/mol. The van der Waals surface area contributed by atoms with E-state index in [1.807, 2.05) is 50.2 Å². The first-order valence-electron chi connectivity index (χ1n) is 14.5. The maximum absolute atomic E-state index is 13.0. The van der Waals surface area contributed by atoms with Crippen molar-refractivity contribution in [3.8, 4) is 0 Å². The van der Waals surface area contributed by atoms with Crippen LogP contribution in [0.2, 0.25) is 0 Å². The lowest BCUT2D eigenvalue weighted by Gasteiger charge is -2.30. The van der Waals surface area contributed by atoms with Crippen LogP contribution in [0.25, 0.3) is 10.8 Å². The fourth-order valence-electron chi connectivity index (χ4n) is 6.00. The fraction of sp³-hybridized carbons (Fsp3) is 0.455. The summed E-state index contributed by atoms with van der Waals surface area (Å²) in [5, 5.41) is 12.1. The van der Waals surface area contributed by atoms with Crippen molar-refractivity contribution in [2.45, 2.75) is 64.8 Å². The van der Waals surface area contributed by atoms with E-state index in [0.29, 0.717) is 5.69 Å². The molecule has 1 fully saturated rings. The third-order valence-electron chi connectivity index (χ3n) is 8.33. The summed E-state index contributed by atoms with van der Waals surface area (Å²) in [6, 6.07) is 16.5. The molecule has 0 unspecified atom stereocenters. The number of hydrogen-bond acceptors (Lipinski definition) is 5. The Morgan fingerprint density at radius 2 is 1.73 bits per heavy atom. The molecule has 3 aromatic rings. The van der Waals surface area contributed by atoms with Gasteiger partial charge >= 0.3 is 0 Å². The zero-order valence-corrected chi connectivity index (χ0v) is 23.6. The predicted molar refractivity (Wildman–Crippen MR) is 158 cm³/mol. The van der Waals surface area contributed by atoms with Gasteiger partial charge in [-0.2, -0.15) is 0 Å². The maximum atomic E-state index is 13.0. The Hall–Kier alpha value is -3.58. The van der Waals surface area contributed by atoms with Gasteiger partial charge in [-0.3, -0.25) is 19.4 Å². The summed E-state index contributed by atoms with van der Waals surface area (Å²) in [5.41, 5.74) is 4.15. The maximum Gasteiger partial charge on any atom is 0.290 e. The number of nitrogens with zero attached hydrogens (tertiary/aromatic N) is 2. The average Bonchev–Trinajstić information content (AvgIpc) is 3.18. The molecule has 1 aromatic heterocycles. The highest BCUT2D eigenvalue weighted by Gasteiger charge is 2.25. The molecule has 2 aliphatic rings. The van der Waals surface area contributed by atoms with E-state index < -0.39 is 0 Å². The Bertz CT molecular complexity index is 1310. The molecule has 2 heterocycles. The smallest absolute Gasteiger partial charge is 0.290 e. The van der Waals surface area contributed by atoms with Crippen LogP contribution < -0.4 is 5.32 Å². The molecule has 0 saturated heterocycles. The molecule has 0 spiro atoms. The lowest BCUT2D eigenvalue weighted by Crippen LogP contribution is -2.38. The summed E-state index contributed by atoms with van der Waals surface area (Å²) in [7, 11) is 0. The monoisotopic (exact) mass is 543 g/mol. The highest BCUT2D eigenvalue weighted by molar-refractivity contribution is 6.05. The van der Waals surface area contributed by atoms with Crippen LogP contribution in [0.4, 0.5) is 0 Å². The lowest BCUT2D eigenvalue weighted by atomic mass is 9.84. The summed E-state index contributed by atoms with van der Waals surface area (Å²) in [5.74, 6) is 0.954. The van der Waals surface area contributed by atoms with E-state index in [0.717, 1.165) is 67.6 Å². The van der Waals surface area contributed by atoms with E-state index in [1.165, 1.54) is 30.4 Å². The SMILES string of the molecule is CC(C)C(=O)c1ccc2c(c1)CCN(CCC1CCC(NC(=O)c3nccc4ccccc34)CC1)CC2.O=CO. The standard InChI is InChI=1S/C32H39N3O2.CH2O2/c1-22(2)31(36)27-10-9-24-15-19-35(20-16-26(24)21-27)18-14-23-7-11-28(12-8-23)34-32(37)30-29-6-4-3-5-25(29)13-17-33-30;2-1-3/h3-6,9-10,13,17,21-23,28H,7-8,11-12,14-16,18-20H2,1-2H3,(H,34,37);1H,(H,2,3). The van der Waals surface area contributed by atoms with Crippen molar-refractivity contribution in [1.82, 2.24) is 15.2 Å². The van der Waals surface area contributed by atoms with Gasteiger partial charge in [0.15, 0.2) is 5.78 Å². The number of pyridine rings is 1. The van der Waals surface area contributed by atoms with Crippen LogP contribution in [-0.4, -0.2) is 58.8 Å². The molecule has 0 atom stereocenters. The minimum atomic E-state index is -0.250. The minimum Gasteiger partial charge on any atom is -0.483 e. The highest BCUT2D eigenvalue weighted by Crippen LogP contribution is 2.28. The van der Waals surface area contributed by atoms with Gasteiger partial charge in [-0.1, -0.05) is 50.2 Å². The van der Waals surface area contributed by atoms with Gasteiger partial charge in [-0.25, -0.2) is 0 Å². The Kier molecular flexibility index (Phi) is 10.4. The molecule has 7 nitrogen and oxygen atoms in total. The van der Waals surface area contributed by atoms with Gasteiger partial charge < -0.3 is 15.3 Å². The lowest BCUT2D eigenvalue weighted by molar-refractivity contribution is -0.122. The number of benzene rings is 2. The Morgan fingerprint density at radius 3 is 2.45 bits per heavy atom. The van der Waals surface area contributed by atoms with Gasteiger partial charge in [0.05, 0.1) is 0 Å². The number of Topliss-reactive ketones (excluding diaryl/α,β-unsaturated/α-hetero) is 1. The van der Waals surface area contributed by atoms with E-state index in [2.05, 4.69) is 27.3 Å². The summed E-state index contributed by atoms with van der Waals surface area (Å²) in [6.45, 7) is 6.98. The largest absolute Gasteiger partial charge is 0.483 e. The van der Waals surface area contributed by atoms with Crippen molar-refractivity contribution in [2.75, 3.05) is 19.6 Å². The number of fused-ring (bicyclic) bond motifs is 2. The molecule has 212 valence electrons. The molecule has 2 N–H and O–H groups in total. The first kappa shape index (κ1) is 29.4. The Morgan fingerprint density at radius 1 is 1.02 bits per heavy atom. The van der Waals surface area contributed by atoms with Crippen molar-refractivity contribution in [3.63, 3.8) is 0 Å². The van der Waals surface area contributed by atoms with Gasteiger partial charge in [0.25, 0.3) is 12.4 Å². The van der Waals surface area contributed by atoms with Crippen molar-refractivity contribution >= 4 is 28.9 Å². The zero-order valence-electron chi connectivity index (χ0n) is 23.6. The fourth-order valence-corrected chi connectivity index (χ4v) is 6.00. The number of rotatable bonds is 7. The van der Waals surface area contributed by atoms with Crippen LogP contribution in [-0.2, 0) is 17.6 Å². The van der Waals surface area contributed by atoms with E-state index in [4.69, 9.17) is 9.90 Å². The van der Waals surface area contributed by atoms with E-state index in [9.17, 15) is 9.59 Å². The van der Waals surface area contributed by atoms with Crippen molar-refractivity contribution in [3.05, 3.63) is 77.1 Å². The molecule has 1 aliphatic carbocycles. The number of carbonyl (C=O) groups is 3. The van der Waals surface area contributed by atoms with Crippen LogP contribution in [0.5, 0.6) is 0 Å². The molecule has 40 heavy (non-hydrogen) atoms. The summed E-state index contributed by atoms with van der Waals surface area (Å²) < 4.78 is 0. The first-order chi connectivity index (χ1) is 19.4. The van der Waals surface area contributed by atoms with E-state index >= 15 is 0 Å². The summed E-state index contributed by atoms with van der Waals surface area (Å²) in [4.78, 5) is 40.7. The Labute approximate surface area is 237 Å². The number of nitrogens with one attached hydrogen (secondary N) is 1. The van der Waals surface area contributed by atoms with E-state index in [1.54, 1.807) is 6.20 Å². The molecular formula is C33H41N3O4. The number of aromatic nitrogens is 1. The topological polar surface area (TPSA) is 99.6 Å². The van der Waals surface area contributed by atoms with Crippen LogP contribution in [0.15, 0.2) is 54.7 Å². The molecule has 1 aliphatic heterocycles. The summed E-state index contributed by atoms with van der Waals surface area (Å²) >= 11 is 0. The van der Waals surface area contributed by atoms with Gasteiger partial charge in [-0.05, 0) is 86.1 Å². The first-order valence-corrected chi connectivity index (χ1v) is 14.5. The molecule has 1 saturated carbocycles. The third-order valence-corrected chi connectivity index (χ3v) is 8.33. The molecule has 0 radical (unpaired) electrons. The van der Waals surface area contributed by atoms with Crippen LogP contribution in [0.1, 0.15) is 77.9 Å². The van der Waals surface area contributed by atoms with Crippen LogP contribution in [0.3, 0.4) is 0 Å². The normalized spacial score (nSPS) is 19.2. The molecule has 0 bridgehead atoms. The van der Waals surface area contributed by atoms with Crippen LogP contribution >= 0.6 is 0 Å². The van der Waals surface area contributed by atoms with Crippen molar-refractivity contribution in [1.29, 1.82) is 0 Å². The molecule has 1 amide bonds.